The first kappa shape index (κ1) is 25.7. The molecule has 0 radical (unpaired) electrons. The van der Waals surface area contributed by atoms with Crippen molar-refractivity contribution in [3.8, 4) is 23.3 Å². The molecule has 0 saturated carbocycles. The van der Waals surface area contributed by atoms with Gasteiger partial charge in [0.15, 0.2) is 5.78 Å². The third kappa shape index (κ3) is 6.57. The summed E-state index contributed by atoms with van der Waals surface area (Å²) in [5.41, 5.74) is -0.450. The quantitative estimate of drug-likeness (QED) is 0.296. The Morgan fingerprint density at radius 1 is 0.941 bits per heavy atom. The van der Waals surface area contributed by atoms with Crippen LogP contribution in [0.15, 0.2) is 60.7 Å². The molecule has 0 bridgehead atoms. The number of nitriles is 1. The third-order valence-electron chi connectivity index (χ3n) is 4.64. The van der Waals surface area contributed by atoms with Crippen molar-refractivity contribution in [2.45, 2.75) is 18.5 Å². The van der Waals surface area contributed by atoms with Crippen LogP contribution >= 0.6 is 34.8 Å². The first-order valence-corrected chi connectivity index (χ1v) is 10.9. The molecular formula is C24H15Cl3F3NO3. The number of carbonyl (C=O) groups excluding carboxylic acids is 1. The van der Waals surface area contributed by atoms with Crippen molar-refractivity contribution in [1.29, 1.82) is 5.26 Å². The van der Waals surface area contributed by atoms with Crippen LogP contribution in [0.2, 0.25) is 15.1 Å². The predicted molar refractivity (Wildman–Crippen MR) is 123 cm³/mol. The second kappa shape index (κ2) is 11.0. The summed E-state index contributed by atoms with van der Waals surface area (Å²) >= 11 is 17.8. The minimum atomic E-state index is -4.52. The Kier molecular flexibility index (Phi) is 8.32. The summed E-state index contributed by atoms with van der Waals surface area (Å²) in [6, 6.07) is 15.6. The van der Waals surface area contributed by atoms with E-state index in [0.29, 0.717) is 16.3 Å². The average Bonchev–Trinajstić information content (AvgIpc) is 2.77. The molecule has 3 aromatic rings. The van der Waals surface area contributed by atoms with E-state index in [0.717, 1.165) is 18.2 Å². The maximum atomic E-state index is 12.8. The molecule has 0 amide bonds. The molecule has 0 aliphatic rings. The number of ketones is 1. The number of rotatable bonds is 8. The maximum absolute atomic E-state index is 12.8. The van der Waals surface area contributed by atoms with E-state index < -0.39 is 17.7 Å². The standard InChI is InChI=1S/C24H15Cl3F3NO3/c25-19-6-4-14(10-20(19)26)18(13-31)22(32)8-9-33-16-2-1-3-17(12-16)34-23-7-5-15(11-21(23)27)24(28,29)30/h1-7,10-12,18H,8-9H2. The van der Waals surface area contributed by atoms with Crippen LogP contribution in [0, 0.1) is 11.3 Å². The van der Waals surface area contributed by atoms with Crippen LogP contribution in [-0.4, -0.2) is 12.4 Å². The Bertz CT molecular complexity index is 1240. The fraction of sp³-hybridized carbons (Fsp3) is 0.167. The van der Waals surface area contributed by atoms with Gasteiger partial charge in [0.25, 0.3) is 0 Å². The molecule has 0 saturated heterocycles. The normalized spacial score (nSPS) is 12.0. The van der Waals surface area contributed by atoms with E-state index in [9.17, 15) is 23.2 Å². The van der Waals surface area contributed by atoms with Gasteiger partial charge in [0.05, 0.1) is 33.3 Å². The molecule has 34 heavy (non-hydrogen) atoms. The number of Topliss-reactive ketones (excluding diaryl/α,β-unsaturated/α-hetero) is 1. The van der Waals surface area contributed by atoms with Crippen molar-refractivity contribution in [3.05, 3.63) is 86.9 Å². The van der Waals surface area contributed by atoms with E-state index in [-0.39, 0.29) is 40.4 Å². The first-order chi connectivity index (χ1) is 16.1. The summed E-state index contributed by atoms with van der Waals surface area (Å²) in [5.74, 6) is -0.701. The number of benzene rings is 3. The van der Waals surface area contributed by atoms with Gasteiger partial charge in [-0.1, -0.05) is 46.9 Å². The average molecular weight is 529 g/mol. The van der Waals surface area contributed by atoms with E-state index in [1.807, 2.05) is 6.07 Å². The highest BCUT2D eigenvalue weighted by molar-refractivity contribution is 6.42. The zero-order valence-electron chi connectivity index (χ0n) is 17.2. The van der Waals surface area contributed by atoms with Crippen LogP contribution in [0.25, 0.3) is 0 Å². The maximum Gasteiger partial charge on any atom is 0.416 e. The third-order valence-corrected chi connectivity index (χ3v) is 5.67. The van der Waals surface area contributed by atoms with E-state index in [1.54, 1.807) is 24.3 Å². The fourth-order valence-corrected chi connectivity index (χ4v) is 3.48. The van der Waals surface area contributed by atoms with Gasteiger partial charge < -0.3 is 9.47 Å². The Labute approximate surface area is 208 Å². The van der Waals surface area contributed by atoms with Crippen LogP contribution < -0.4 is 9.47 Å². The van der Waals surface area contributed by atoms with E-state index in [1.165, 1.54) is 18.2 Å². The van der Waals surface area contributed by atoms with Crippen LogP contribution in [0.4, 0.5) is 13.2 Å². The molecule has 1 unspecified atom stereocenters. The summed E-state index contributed by atoms with van der Waals surface area (Å²) in [4.78, 5) is 12.5. The summed E-state index contributed by atoms with van der Waals surface area (Å²) in [6.07, 6.45) is -4.56. The molecule has 0 N–H and O–H groups in total. The lowest BCUT2D eigenvalue weighted by Gasteiger charge is -2.13. The number of alkyl halides is 3. The Hall–Kier alpha value is -2.92. The van der Waals surface area contributed by atoms with E-state index >= 15 is 0 Å². The second-order valence-corrected chi connectivity index (χ2v) is 8.24. The Balaban J connectivity index is 1.61. The van der Waals surface area contributed by atoms with Gasteiger partial charge in [-0.15, -0.1) is 0 Å². The van der Waals surface area contributed by atoms with Crippen molar-refractivity contribution in [2.24, 2.45) is 0 Å². The monoisotopic (exact) mass is 527 g/mol. The van der Waals surface area contributed by atoms with Crippen LogP contribution in [-0.2, 0) is 11.0 Å². The lowest BCUT2D eigenvalue weighted by atomic mass is 9.94. The molecule has 3 aromatic carbocycles. The summed E-state index contributed by atoms with van der Waals surface area (Å²) in [7, 11) is 0. The number of halogens is 6. The minimum Gasteiger partial charge on any atom is -0.493 e. The highest BCUT2D eigenvalue weighted by Gasteiger charge is 2.31. The molecular weight excluding hydrogens is 514 g/mol. The number of hydrogen-bond acceptors (Lipinski definition) is 4. The van der Waals surface area contributed by atoms with Gasteiger partial charge in [0.1, 0.15) is 23.2 Å². The highest BCUT2D eigenvalue weighted by Crippen LogP contribution is 2.37. The minimum absolute atomic E-state index is 0.0111. The molecule has 1 atom stereocenters. The highest BCUT2D eigenvalue weighted by atomic mass is 35.5. The molecule has 3 rings (SSSR count). The zero-order valence-corrected chi connectivity index (χ0v) is 19.5. The summed E-state index contributed by atoms with van der Waals surface area (Å²) < 4.78 is 49.5. The molecule has 10 heteroatoms. The zero-order chi connectivity index (χ0) is 24.9. The van der Waals surface area contributed by atoms with Crippen molar-refractivity contribution in [3.63, 3.8) is 0 Å². The van der Waals surface area contributed by atoms with Gasteiger partial charge in [-0.25, -0.2) is 0 Å². The lowest BCUT2D eigenvalue weighted by molar-refractivity contribution is -0.137. The van der Waals surface area contributed by atoms with Gasteiger partial charge in [-0.2, -0.15) is 18.4 Å². The Morgan fingerprint density at radius 2 is 1.68 bits per heavy atom. The molecule has 0 aliphatic carbocycles. The summed E-state index contributed by atoms with van der Waals surface area (Å²) in [5, 5.41) is 9.77. The van der Waals surface area contributed by atoms with Gasteiger partial charge in [0.2, 0.25) is 0 Å². The largest absolute Gasteiger partial charge is 0.493 e. The smallest absolute Gasteiger partial charge is 0.416 e. The van der Waals surface area contributed by atoms with E-state index in [2.05, 4.69) is 0 Å². The molecule has 0 fully saturated rings. The Morgan fingerprint density at radius 3 is 2.32 bits per heavy atom. The van der Waals surface area contributed by atoms with Crippen LogP contribution in [0.1, 0.15) is 23.5 Å². The molecule has 0 spiro atoms. The SMILES string of the molecule is N#CC(C(=O)CCOc1cccc(Oc2ccc(C(F)(F)F)cc2Cl)c1)c1ccc(Cl)c(Cl)c1. The van der Waals surface area contributed by atoms with Crippen molar-refractivity contribution >= 4 is 40.6 Å². The fourth-order valence-electron chi connectivity index (χ4n) is 2.95. The van der Waals surface area contributed by atoms with E-state index in [4.69, 9.17) is 44.3 Å². The second-order valence-electron chi connectivity index (χ2n) is 7.02. The van der Waals surface area contributed by atoms with Crippen LogP contribution in [0.3, 0.4) is 0 Å². The number of nitrogens with zero attached hydrogens (tertiary/aromatic N) is 1. The van der Waals surface area contributed by atoms with Crippen molar-refractivity contribution in [2.75, 3.05) is 6.61 Å². The van der Waals surface area contributed by atoms with Gasteiger partial charge in [-0.05, 0) is 48.0 Å². The lowest BCUT2D eigenvalue weighted by Crippen LogP contribution is -2.14. The molecule has 176 valence electrons. The topological polar surface area (TPSA) is 59.3 Å². The first-order valence-electron chi connectivity index (χ1n) is 9.73. The number of carbonyl (C=O) groups is 1. The molecule has 4 nitrogen and oxygen atoms in total. The van der Waals surface area contributed by atoms with Gasteiger partial charge >= 0.3 is 6.18 Å². The predicted octanol–water partition coefficient (Wildman–Crippen LogP) is 8.10. The van der Waals surface area contributed by atoms with Crippen LogP contribution in [0.5, 0.6) is 17.2 Å². The number of hydrogen-bond donors (Lipinski definition) is 0. The molecule has 0 heterocycles. The van der Waals surface area contributed by atoms with Gasteiger partial charge in [-0.3, -0.25) is 4.79 Å². The van der Waals surface area contributed by atoms with Gasteiger partial charge in [0, 0.05) is 12.5 Å². The number of ether oxygens (including phenoxy) is 2. The molecule has 0 aromatic heterocycles. The summed E-state index contributed by atoms with van der Waals surface area (Å²) in [6.45, 7) is -0.0111. The molecule has 0 aliphatic heterocycles. The van der Waals surface area contributed by atoms with Crippen molar-refractivity contribution in [1.82, 2.24) is 0 Å². The van der Waals surface area contributed by atoms with Crippen molar-refractivity contribution < 1.29 is 27.4 Å².